The maximum atomic E-state index is 12.4. The number of amides is 3. The maximum Gasteiger partial charge on any atom is 0.321 e. The summed E-state index contributed by atoms with van der Waals surface area (Å²) in [5.74, 6) is -0.921. The van der Waals surface area contributed by atoms with Crippen LogP contribution in [0.2, 0.25) is 0 Å². The van der Waals surface area contributed by atoms with Gasteiger partial charge in [-0.2, -0.15) is 0 Å². The van der Waals surface area contributed by atoms with Crippen molar-refractivity contribution in [2.24, 2.45) is 7.05 Å². The van der Waals surface area contributed by atoms with E-state index in [0.29, 0.717) is 16.7 Å². The van der Waals surface area contributed by atoms with E-state index in [0.717, 1.165) is 0 Å². The van der Waals surface area contributed by atoms with Crippen LogP contribution in [0.3, 0.4) is 0 Å². The van der Waals surface area contributed by atoms with Gasteiger partial charge in [-0.1, -0.05) is 12.1 Å². The number of para-hydroxylation sites is 1. The third-order valence-corrected chi connectivity index (χ3v) is 4.03. The molecule has 0 saturated carbocycles. The molecule has 1 heterocycles. The Hall–Kier alpha value is -3.23. The van der Waals surface area contributed by atoms with Gasteiger partial charge in [0.2, 0.25) is 0 Å². The summed E-state index contributed by atoms with van der Waals surface area (Å²) in [6.45, 7) is 6.69. The van der Waals surface area contributed by atoms with Gasteiger partial charge in [0.15, 0.2) is 6.10 Å². The van der Waals surface area contributed by atoms with Crippen molar-refractivity contribution < 1.29 is 19.1 Å². The fourth-order valence-electron chi connectivity index (χ4n) is 2.60. The van der Waals surface area contributed by atoms with Crippen LogP contribution in [0.4, 0.5) is 4.79 Å². The Morgan fingerprint density at radius 1 is 1.21 bits per heavy atom. The zero-order valence-electron chi connectivity index (χ0n) is 17.2. The number of aryl methyl sites for hydroxylation is 1. The minimum atomic E-state index is -1.14. The van der Waals surface area contributed by atoms with Crippen molar-refractivity contribution in [3.8, 4) is 0 Å². The van der Waals surface area contributed by atoms with E-state index in [-0.39, 0.29) is 18.4 Å². The van der Waals surface area contributed by atoms with Gasteiger partial charge in [-0.05, 0) is 39.8 Å². The van der Waals surface area contributed by atoms with Gasteiger partial charge in [0.05, 0.1) is 17.3 Å². The molecule has 2 aromatic rings. The van der Waals surface area contributed by atoms with Gasteiger partial charge >= 0.3 is 12.0 Å². The Labute approximate surface area is 168 Å². The molecule has 0 aliphatic heterocycles. The Kier molecular flexibility index (Phi) is 6.73. The first-order chi connectivity index (χ1) is 13.5. The van der Waals surface area contributed by atoms with Crippen LogP contribution in [0, 0.1) is 0 Å². The van der Waals surface area contributed by atoms with Crippen LogP contribution in [-0.2, 0) is 27.8 Å². The highest BCUT2D eigenvalue weighted by atomic mass is 16.5. The van der Waals surface area contributed by atoms with Crippen molar-refractivity contribution in [1.29, 1.82) is 0 Å². The number of imide groups is 1. The first-order valence-electron chi connectivity index (χ1n) is 9.25. The molecule has 1 aromatic carbocycles. The summed E-state index contributed by atoms with van der Waals surface area (Å²) in [4.78, 5) is 52.6. The molecule has 0 aliphatic carbocycles. The molecule has 1 atom stereocenters. The van der Waals surface area contributed by atoms with Gasteiger partial charge in [0, 0.05) is 19.0 Å². The second-order valence-electron chi connectivity index (χ2n) is 7.73. The quantitative estimate of drug-likeness (QED) is 0.730. The lowest BCUT2D eigenvalue weighted by Gasteiger charge is -2.21. The third kappa shape index (κ3) is 6.13. The summed E-state index contributed by atoms with van der Waals surface area (Å²) in [6, 6.07) is 6.30. The Morgan fingerprint density at radius 2 is 1.86 bits per heavy atom. The zero-order chi connectivity index (χ0) is 21.8. The number of carbonyl (C=O) groups excluding carboxylic acids is 3. The first-order valence-corrected chi connectivity index (χ1v) is 9.25. The van der Waals surface area contributed by atoms with Gasteiger partial charge in [-0.15, -0.1) is 0 Å². The monoisotopic (exact) mass is 402 g/mol. The molecule has 3 amide bonds. The van der Waals surface area contributed by atoms with Crippen LogP contribution in [0.5, 0.6) is 0 Å². The van der Waals surface area contributed by atoms with Crippen LogP contribution in [-0.4, -0.2) is 39.1 Å². The van der Waals surface area contributed by atoms with Crippen molar-refractivity contribution in [3.63, 3.8) is 0 Å². The first kappa shape index (κ1) is 22.1. The summed E-state index contributed by atoms with van der Waals surface area (Å²) in [7, 11) is 1.59. The number of hydrogen-bond acceptors (Lipinski definition) is 6. The highest BCUT2D eigenvalue weighted by molar-refractivity contribution is 5.97. The van der Waals surface area contributed by atoms with E-state index in [1.54, 1.807) is 52.1 Å². The lowest BCUT2D eigenvalue weighted by atomic mass is 10.1. The SMILES string of the molecule is CC(OC(=O)CCc1nc2ccccc2c(=O)n1C)C(=O)NC(=O)NC(C)(C)C. The highest BCUT2D eigenvalue weighted by Crippen LogP contribution is 2.09. The number of ether oxygens (including phenoxy) is 1. The normalized spacial score (nSPS) is 12.3. The molecule has 1 unspecified atom stereocenters. The number of benzene rings is 1. The largest absolute Gasteiger partial charge is 0.453 e. The van der Waals surface area contributed by atoms with Crippen molar-refractivity contribution in [1.82, 2.24) is 20.2 Å². The van der Waals surface area contributed by atoms with Crippen molar-refractivity contribution in [3.05, 3.63) is 40.4 Å². The van der Waals surface area contributed by atoms with E-state index >= 15 is 0 Å². The van der Waals surface area contributed by atoms with Crippen molar-refractivity contribution >= 4 is 28.8 Å². The summed E-state index contributed by atoms with van der Waals surface area (Å²) >= 11 is 0. The van der Waals surface area contributed by atoms with Gasteiger partial charge in [-0.3, -0.25) is 24.3 Å². The van der Waals surface area contributed by atoms with Crippen LogP contribution < -0.4 is 16.2 Å². The second kappa shape index (κ2) is 8.85. The number of nitrogens with one attached hydrogen (secondary N) is 2. The smallest absolute Gasteiger partial charge is 0.321 e. The second-order valence-corrected chi connectivity index (χ2v) is 7.73. The topological polar surface area (TPSA) is 119 Å². The Balaban J connectivity index is 1.94. The lowest BCUT2D eigenvalue weighted by Crippen LogP contribution is -2.50. The molecule has 156 valence electrons. The predicted molar refractivity (Wildman–Crippen MR) is 107 cm³/mol. The molecule has 2 rings (SSSR count). The van der Waals surface area contributed by atoms with Crippen LogP contribution in [0.25, 0.3) is 10.9 Å². The highest BCUT2D eigenvalue weighted by Gasteiger charge is 2.22. The molecular weight excluding hydrogens is 376 g/mol. The van der Waals surface area contributed by atoms with E-state index in [9.17, 15) is 19.2 Å². The number of aromatic nitrogens is 2. The van der Waals surface area contributed by atoms with Gasteiger partial charge < -0.3 is 10.1 Å². The van der Waals surface area contributed by atoms with E-state index in [2.05, 4.69) is 15.6 Å². The molecule has 9 heteroatoms. The Morgan fingerprint density at radius 3 is 2.52 bits per heavy atom. The molecule has 0 fully saturated rings. The summed E-state index contributed by atoms with van der Waals surface area (Å²) in [6.07, 6.45) is -1.03. The fraction of sp³-hybridized carbons (Fsp3) is 0.450. The van der Waals surface area contributed by atoms with E-state index in [4.69, 9.17) is 4.74 Å². The van der Waals surface area contributed by atoms with E-state index in [1.807, 2.05) is 0 Å². The number of hydrogen-bond donors (Lipinski definition) is 2. The average Bonchev–Trinajstić information content (AvgIpc) is 2.61. The minimum Gasteiger partial charge on any atom is -0.453 e. The number of nitrogens with zero attached hydrogens (tertiary/aromatic N) is 2. The van der Waals surface area contributed by atoms with E-state index < -0.39 is 29.6 Å². The molecule has 0 radical (unpaired) electrons. The van der Waals surface area contributed by atoms with Crippen LogP contribution >= 0.6 is 0 Å². The molecule has 0 spiro atoms. The molecule has 0 aliphatic rings. The number of rotatable bonds is 5. The van der Waals surface area contributed by atoms with E-state index in [1.165, 1.54) is 11.5 Å². The Bertz CT molecular complexity index is 991. The number of fused-ring (bicyclic) bond motifs is 1. The van der Waals surface area contributed by atoms with Crippen molar-refractivity contribution in [2.45, 2.75) is 52.2 Å². The van der Waals surface area contributed by atoms with Crippen LogP contribution in [0.1, 0.15) is 39.9 Å². The summed E-state index contributed by atoms with van der Waals surface area (Å²) < 4.78 is 6.47. The lowest BCUT2D eigenvalue weighted by molar-refractivity contribution is -0.154. The van der Waals surface area contributed by atoms with Gasteiger partial charge in [0.1, 0.15) is 5.82 Å². The summed E-state index contributed by atoms with van der Waals surface area (Å²) in [5, 5.41) is 5.21. The number of esters is 1. The number of urea groups is 1. The zero-order valence-corrected chi connectivity index (χ0v) is 17.2. The van der Waals surface area contributed by atoms with Gasteiger partial charge in [-0.25, -0.2) is 9.78 Å². The molecule has 29 heavy (non-hydrogen) atoms. The maximum absolute atomic E-state index is 12.4. The number of carbonyl (C=O) groups is 3. The molecule has 0 bridgehead atoms. The molecule has 0 saturated heterocycles. The molecule has 9 nitrogen and oxygen atoms in total. The summed E-state index contributed by atoms with van der Waals surface area (Å²) in [5.41, 5.74) is -0.152. The third-order valence-electron chi connectivity index (χ3n) is 4.03. The molecule has 2 N–H and O–H groups in total. The van der Waals surface area contributed by atoms with Crippen molar-refractivity contribution in [2.75, 3.05) is 0 Å². The fourth-order valence-corrected chi connectivity index (χ4v) is 2.60. The minimum absolute atomic E-state index is 0.0651. The predicted octanol–water partition coefficient (Wildman–Crippen LogP) is 1.42. The van der Waals surface area contributed by atoms with Crippen LogP contribution in [0.15, 0.2) is 29.1 Å². The van der Waals surface area contributed by atoms with Gasteiger partial charge in [0.25, 0.3) is 11.5 Å². The standard InChI is InChI=1S/C20H26N4O5/c1-12(17(26)22-19(28)23-20(2,3)4)29-16(25)11-10-15-21-14-9-7-6-8-13(14)18(27)24(15)5/h6-9,12H,10-11H2,1-5H3,(H2,22,23,26,28). The average molecular weight is 402 g/mol. The molecular formula is C20H26N4O5. The molecule has 1 aromatic heterocycles.